The Kier molecular flexibility index (Phi) is 3.25. The van der Waals surface area contributed by atoms with Crippen molar-refractivity contribution >= 4 is 40.8 Å². The van der Waals surface area contributed by atoms with Gasteiger partial charge >= 0.3 is 0 Å². The summed E-state index contributed by atoms with van der Waals surface area (Å²) in [6.07, 6.45) is 6.02. The Labute approximate surface area is 144 Å². The van der Waals surface area contributed by atoms with Gasteiger partial charge in [-0.1, -0.05) is 23.4 Å². The highest BCUT2D eigenvalue weighted by molar-refractivity contribution is 8.14. The highest BCUT2D eigenvalue weighted by Crippen LogP contribution is 2.41. The van der Waals surface area contributed by atoms with E-state index in [0.717, 1.165) is 18.3 Å². The van der Waals surface area contributed by atoms with Crippen molar-refractivity contribution in [2.45, 2.75) is 29.9 Å². The monoisotopic (exact) mass is 351 g/mol. The minimum Gasteiger partial charge on any atom is -0.455 e. The van der Waals surface area contributed by atoms with Gasteiger partial charge in [0.1, 0.15) is 5.60 Å². The van der Waals surface area contributed by atoms with Crippen molar-refractivity contribution in [3.63, 3.8) is 0 Å². The molecule has 2 unspecified atom stereocenters. The fraction of sp³-hybridized carbons (Fsp3) is 0.667. The van der Waals surface area contributed by atoms with E-state index in [1.165, 1.54) is 25.9 Å². The molecule has 6 heterocycles. The minimum absolute atomic E-state index is 0.0854. The van der Waals surface area contributed by atoms with Gasteiger partial charge in [-0.2, -0.15) is 0 Å². The van der Waals surface area contributed by atoms with Crippen LogP contribution >= 0.6 is 23.4 Å². The predicted molar refractivity (Wildman–Crippen MR) is 93.4 cm³/mol. The Balaban J connectivity index is 1.26. The summed E-state index contributed by atoms with van der Waals surface area (Å²) in [6.45, 7) is 4.16. The molecule has 6 rings (SSSR count). The van der Waals surface area contributed by atoms with Gasteiger partial charge in [0.25, 0.3) is 6.02 Å². The van der Waals surface area contributed by atoms with E-state index in [-0.39, 0.29) is 17.0 Å². The van der Waals surface area contributed by atoms with Gasteiger partial charge in [-0.3, -0.25) is 15.2 Å². The molecule has 0 saturated carbocycles. The van der Waals surface area contributed by atoms with E-state index in [4.69, 9.17) is 16.3 Å². The molecular weight excluding hydrogens is 334 g/mol. The van der Waals surface area contributed by atoms with Gasteiger partial charge in [-0.05, 0) is 32.0 Å². The molecule has 0 aromatic heterocycles. The second-order valence-electron chi connectivity index (χ2n) is 6.72. The topological polar surface area (TPSA) is 61.6 Å². The molecule has 3 atom stereocenters. The fourth-order valence-electron chi connectivity index (χ4n) is 4.10. The molecule has 0 aromatic carbocycles. The van der Waals surface area contributed by atoms with Gasteiger partial charge < -0.3 is 4.74 Å². The van der Waals surface area contributed by atoms with Gasteiger partial charge in [-0.15, -0.1) is 0 Å². The third kappa shape index (κ3) is 2.40. The molecule has 1 spiro atoms. The van der Waals surface area contributed by atoms with Gasteiger partial charge in [0.2, 0.25) is 0 Å². The summed E-state index contributed by atoms with van der Waals surface area (Å²) in [5, 5.41) is 4.92. The van der Waals surface area contributed by atoms with E-state index in [0.29, 0.717) is 17.0 Å². The van der Waals surface area contributed by atoms with Crippen LogP contribution in [0.4, 0.5) is 0 Å². The van der Waals surface area contributed by atoms with Crippen LogP contribution < -0.4 is 5.32 Å². The molecular formula is C15H18ClN5OS. The number of hydrogen-bond acceptors (Lipinski definition) is 7. The molecule has 6 aliphatic heterocycles. The maximum Gasteiger partial charge on any atom is 0.291 e. The maximum atomic E-state index is 6.28. The highest BCUT2D eigenvalue weighted by atomic mass is 35.5. The standard InChI is InChI=1S/C15H18ClN5OS/c16-10-5-11-12(17-6-10)19-14(23-11)20-13-18-7-15(22-13)8-21-3-1-9(15)2-4-21/h5-6,9,11-12H,1-4,7-8H2,(H,18,19,20)/t11?,12?,15-/m0/s1. The summed E-state index contributed by atoms with van der Waals surface area (Å²) in [7, 11) is 0. The van der Waals surface area contributed by atoms with E-state index < -0.39 is 0 Å². The number of nitrogens with zero attached hydrogens (tertiary/aromatic N) is 4. The van der Waals surface area contributed by atoms with E-state index in [1.807, 2.05) is 6.08 Å². The van der Waals surface area contributed by atoms with E-state index in [2.05, 4.69) is 25.2 Å². The lowest BCUT2D eigenvalue weighted by Crippen LogP contribution is -2.61. The number of nitrogens with one attached hydrogen (secondary N) is 1. The van der Waals surface area contributed by atoms with Crippen molar-refractivity contribution in [3.8, 4) is 0 Å². The molecule has 2 bridgehead atoms. The lowest BCUT2D eigenvalue weighted by atomic mass is 9.75. The average molecular weight is 352 g/mol. The zero-order valence-corrected chi connectivity index (χ0v) is 14.2. The van der Waals surface area contributed by atoms with Crippen LogP contribution in [0.3, 0.4) is 0 Å². The Hall–Kier alpha value is -1.05. The fourth-order valence-corrected chi connectivity index (χ4v) is 5.41. The number of fused-ring (bicyclic) bond motifs is 3. The number of ether oxygens (including phenoxy) is 1. The molecule has 0 aliphatic carbocycles. The first-order valence-corrected chi connectivity index (χ1v) is 9.34. The highest BCUT2D eigenvalue weighted by Gasteiger charge is 2.51. The third-order valence-corrected chi connectivity index (χ3v) is 6.60. The van der Waals surface area contributed by atoms with Crippen molar-refractivity contribution < 1.29 is 4.74 Å². The smallest absolute Gasteiger partial charge is 0.291 e. The largest absolute Gasteiger partial charge is 0.455 e. The third-order valence-electron chi connectivity index (χ3n) is 5.29. The van der Waals surface area contributed by atoms with Gasteiger partial charge in [0, 0.05) is 18.7 Å². The number of allylic oxidation sites excluding steroid dienone is 1. The second-order valence-corrected chi connectivity index (χ2v) is 8.33. The van der Waals surface area contributed by atoms with E-state index in [1.54, 1.807) is 18.0 Å². The van der Waals surface area contributed by atoms with Gasteiger partial charge in [-0.25, -0.2) is 9.98 Å². The molecule has 3 saturated heterocycles. The SMILES string of the molecule is ClC1=CC2SC(NC3=NC[C@@]4(CN5CCC4CC5)O3)=NC2N=C1. The molecule has 8 heteroatoms. The van der Waals surface area contributed by atoms with Gasteiger partial charge in [0.05, 0.1) is 16.8 Å². The zero-order chi connectivity index (χ0) is 15.4. The minimum atomic E-state index is -0.114. The summed E-state index contributed by atoms with van der Waals surface area (Å²) in [5.74, 6) is 0.627. The number of amidine groups is 2. The molecule has 6 aliphatic rings. The second kappa shape index (κ2) is 5.22. The molecule has 1 N–H and O–H groups in total. The lowest BCUT2D eigenvalue weighted by molar-refractivity contribution is -0.0841. The summed E-state index contributed by atoms with van der Waals surface area (Å²) >= 11 is 7.64. The Morgan fingerprint density at radius 3 is 3.04 bits per heavy atom. The van der Waals surface area contributed by atoms with Crippen LogP contribution in [0.1, 0.15) is 12.8 Å². The van der Waals surface area contributed by atoms with E-state index in [9.17, 15) is 0 Å². The normalized spacial score (nSPS) is 43.8. The van der Waals surface area contributed by atoms with Gasteiger partial charge in [0.15, 0.2) is 11.3 Å². The molecule has 0 radical (unpaired) electrons. The maximum absolute atomic E-state index is 6.28. The quantitative estimate of drug-likeness (QED) is 0.717. The number of rotatable bonds is 0. The van der Waals surface area contributed by atoms with Crippen molar-refractivity contribution in [2.24, 2.45) is 20.9 Å². The van der Waals surface area contributed by atoms with Crippen LogP contribution in [0.15, 0.2) is 26.1 Å². The van der Waals surface area contributed by atoms with Crippen molar-refractivity contribution in [1.29, 1.82) is 0 Å². The van der Waals surface area contributed by atoms with Crippen LogP contribution in [0, 0.1) is 5.92 Å². The number of halogens is 1. The van der Waals surface area contributed by atoms with Crippen molar-refractivity contribution in [2.75, 3.05) is 26.2 Å². The molecule has 122 valence electrons. The Morgan fingerprint density at radius 1 is 1.39 bits per heavy atom. The molecule has 0 amide bonds. The number of piperidine rings is 3. The van der Waals surface area contributed by atoms with Crippen LogP contribution in [0.25, 0.3) is 0 Å². The Morgan fingerprint density at radius 2 is 2.26 bits per heavy atom. The first-order valence-electron chi connectivity index (χ1n) is 8.08. The summed E-state index contributed by atoms with van der Waals surface area (Å²) in [6, 6.07) is 0.614. The summed E-state index contributed by atoms with van der Waals surface area (Å²) in [5.41, 5.74) is -0.114. The average Bonchev–Trinajstić information content (AvgIpc) is 3.12. The number of aliphatic imine (C=N–C) groups is 3. The first kappa shape index (κ1) is 14.3. The van der Waals surface area contributed by atoms with Crippen LogP contribution in [0.2, 0.25) is 0 Å². The summed E-state index contributed by atoms with van der Waals surface area (Å²) in [4.78, 5) is 16.0. The molecule has 6 nitrogen and oxygen atoms in total. The Bertz CT molecular complexity index is 654. The zero-order valence-electron chi connectivity index (χ0n) is 12.6. The van der Waals surface area contributed by atoms with Crippen LogP contribution in [0.5, 0.6) is 0 Å². The van der Waals surface area contributed by atoms with Crippen LogP contribution in [-0.2, 0) is 4.74 Å². The number of dihydropyridines is 1. The van der Waals surface area contributed by atoms with E-state index >= 15 is 0 Å². The number of thioether (sulfide) groups is 1. The predicted octanol–water partition coefficient (Wildman–Crippen LogP) is 1.43. The van der Waals surface area contributed by atoms with Crippen LogP contribution in [-0.4, -0.2) is 65.5 Å². The summed E-state index contributed by atoms with van der Waals surface area (Å²) < 4.78 is 6.28. The lowest BCUT2D eigenvalue weighted by Gasteiger charge is -2.50. The van der Waals surface area contributed by atoms with Crippen molar-refractivity contribution in [1.82, 2.24) is 10.2 Å². The molecule has 0 aromatic rings. The molecule has 3 fully saturated rings. The van der Waals surface area contributed by atoms with Crippen molar-refractivity contribution in [3.05, 3.63) is 11.1 Å². The molecule has 23 heavy (non-hydrogen) atoms. The number of hydrogen-bond donors (Lipinski definition) is 1. The first-order chi connectivity index (χ1) is 11.2.